The molecule has 104 valence electrons. The van der Waals surface area contributed by atoms with E-state index in [1.54, 1.807) is 16.8 Å². The molecule has 0 atom stereocenters. The second-order valence-corrected chi connectivity index (χ2v) is 5.05. The van der Waals surface area contributed by atoms with E-state index in [1.165, 1.54) is 0 Å². The van der Waals surface area contributed by atoms with Crippen molar-refractivity contribution in [1.82, 2.24) is 29.7 Å². The predicted octanol–water partition coefficient (Wildman–Crippen LogP) is 0.460. The van der Waals surface area contributed by atoms with E-state index in [0.717, 1.165) is 25.1 Å². The van der Waals surface area contributed by atoms with Crippen molar-refractivity contribution in [3.05, 3.63) is 34.4 Å². The Morgan fingerprint density at radius 1 is 1.35 bits per heavy atom. The van der Waals surface area contributed by atoms with Gasteiger partial charge in [0.05, 0.1) is 5.69 Å². The van der Waals surface area contributed by atoms with Gasteiger partial charge in [-0.1, -0.05) is 0 Å². The molecule has 0 aliphatic heterocycles. The first-order valence-corrected chi connectivity index (χ1v) is 6.52. The van der Waals surface area contributed by atoms with Gasteiger partial charge in [-0.25, -0.2) is 4.52 Å². The first-order valence-electron chi connectivity index (χ1n) is 6.52. The largest absolute Gasteiger partial charge is 0.327 e. The molecule has 0 aliphatic carbocycles. The normalized spacial score (nSPS) is 11.8. The number of hydrogen-bond donors (Lipinski definition) is 1. The summed E-state index contributed by atoms with van der Waals surface area (Å²) in [6.45, 7) is 1.01. The van der Waals surface area contributed by atoms with Crippen LogP contribution >= 0.6 is 0 Å². The van der Waals surface area contributed by atoms with E-state index in [2.05, 4.69) is 39.3 Å². The molecule has 0 saturated carbocycles. The third kappa shape index (κ3) is 2.27. The molecule has 0 aliphatic rings. The van der Waals surface area contributed by atoms with Crippen molar-refractivity contribution in [1.29, 1.82) is 0 Å². The predicted molar refractivity (Wildman–Crippen MR) is 75.8 cm³/mol. The number of nitrogens with one attached hydrogen (secondary N) is 1. The quantitative estimate of drug-likeness (QED) is 0.746. The zero-order valence-corrected chi connectivity index (χ0v) is 11.5. The van der Waals surface area contributed by atoms with Gasteiger partial charge >= 0.3 is 0 Å². The maximum absolute atomic E-state index is 11.7. The van der Waals surface area contributed by atoms with E-state index in [9.17, 15) is 4.79 Å². The van der Waals surface area contributed by atoms with Crippen LogP contribution in [0.1, 0.15) is 12.1 Å². The Kier molecular flexibility index (Phi) is 3.19. The molecule has 7 heteroatoms. The maximum Gasteiger partial charge on any atom is 0.277 e. The minimum Gasteiger partial charge on any atom is -0.327 e. The highest BCUT2D eigenvalue weighted by atomic mass is 16.1. The highest BCUT2D eigenvalue weighted by molar-refractivity contribution is 5.74. The highest BCUT2D eigenvalue weighted by Crippen LogP contribution is 2.11. The van der Waals surface area contributed by atoms with Gasteiger partial charge in [0.1, 0.15) is 5.52 Å². The van der Waals surface area contributed by atoms with Crippen LogP contribution in [0, 0.1) is 0 Å². The number of hydrogen-bond acceptors (Lipinski definition) is 5. The van der Waals surface area contributed by atoms with Gasteiger partial charge in [0.25, 0.3) is 5.56 Å². The molecular formula is C13H16N6O. The topological polar surface area (TPSA) is 79.2 Å². The average molecular weight is 272 g/mol. The van der Waals surface area contributed by atoms with Crippen molar-refractivity contribution < 1.29 is 0 Å². The Bertz CT molecular complexity index is 803. The van der Waals surface area contributed by atoms with E-state index in [1.807, 2.05) is 6.07 Å². The summed E-state index contributed by atoms with van der Waals surface area (Å²) in [5.41, 5.74) is 2.37. The van der Waals surface area contributed by atoms with Crippen LogP contribution in [0.5, 0.6) is 0 Å². The van der Waals surface area contributed by atoms with Crippen molar-refractivity contribution in [3.8, 4) is 0 Å². The van der Waals surface area contributed by atoms with Crippen LogP contribution in [0.4, 0.5) is 0 Å². The van der Waals surface area contributed by atoms with E-state index in [0.29, 0.717) is 16.7 Å². The van der Waals surface area contributed by atoms with Gasteiger partial charge in [-0.05, 0) is 39.5 Å². The number of nitrogens with zero attached hydrogens (tertiary/aromatic N) is 5. The summed E-state index contributed by atoms with van der Waals surface area (Å²) in [7, 11) is 4.10. The summed E-state index contributed by atoms with van der Waals surface area (Å²) >= 11 is 0. The van der Waals surface area contributed by atoms with Gasteiger partial charge in [0, 0.05) is 12.3 Å². The summed E-state index contributed by atoms with van der Waals surface area (Å²) in [6.07, 6.45) is 3.51. The molecule has 0 fully saturated rings. The lowest BCUT2D eigenvalue weighted by atomic mass is 10.2. The number of aryl methyl sites for hydroxylation is 1. The van der Waals surface area contributed by atoms with Crippen LogP contribution in [-0.4, -0.2) is 50.3 Å². The van der Waals surface area contributed by atoms with Gasteiger partial charge in [-0.3, -0.25) is 4.79 Å². The fraction of sp³-hybridized carbons (Fsp3) is 0.385. The standard InChI is InChI=1S/C13H16N6O/c1-18(2)7-3-4-9-8-11-15-16-12-10(19(11)17-9)5-6-14-13(12)20/h5-6,8H,3-4,7H2,1-2H3,(H,14,20). The Labute approximate surface area is 115 Å². The smallest absolute Gasteiger partial charge is 0.277 e. The van der Waals surface area contributed by atoms with E-state index in [-0.39, 0.29) is 5.56 Å². The van der Waals surface area contributed by atoms with Crippen molar-refractivity contribution in [2.75, 3.05) is 20.6 Å². The zero-order chi connectivity index (χ0) is 14.1. The van der Waals surface area contributed by atoms with Gasteiger partial charge in [-0.15, -0.1) is 10.2 Å². The summed E-state index contributed by atoms with van der Waals surface area (Å²) in [5, 5.41) is 12.5. The van der Waals surface area contributed by atoms with E-state index in [4.69, 9.17) is 0 Å². The molecule has 0 amide bonds. The van der Waals surface area contributed by atoms with Crippen LogP contribution in [-0.2, 0) is 6.42 Å². The van der Waals surface area contributed by atoms with Crippen LogP contribution < -0.4 is 5.56 Å². The van der Waals surface area contributed by atoms with Gasteiger partial charge in [0.15, 0.2) is 11.2 Å². The lowest BCUT2D eigenvalue weighted by Crippen LogP contribution is -2.13. The Balaban J connectivity index is 2.00. The number of aromatic nitrogens is 5. The molecule has 0 radical (unpaired) electrons. The first-order chi connectivity index (χ1) is 9.65. The van der Waals surface area contributed by atoms with E-state index < -0.39 is 0 Å². The Morgan fingerprint density at radius 3 is 3.00 bits per heavy atom. The number of pyridine rings is 1. The van der Waals surface area contributed by atoms with Crippen molar-refractivity contribution in [3.63, 3.8) is 0 Å². The molecule has 0 saturated heterocycles. The second kappa shape index (κ2) is 5.01. The monoisotopic (exact) mass is 272 g/mol. The third-order valence-corrected chi connectivity index (χ3v) is 3.17. The molecule has 20 heavy (non-hydrogen) atoms. The fourth-order valence-corrected chi connectivity index (χ4v) is 2.19. The molecule has 7 nitrogen and oxygen atoms in total. The average Bonchev–Trinajstić information content (AvgIpc) is 2.82. The van der Waals surface area contributed by atoms with Crippen LogP contribution in [0.25, 0.3) is 16.7 Å². The van der Waals surface area contributed by atoms with Crippen LogP contribution in [0.3, 0.4) is 0 Å². The summed E-state index contributed by atoms with van der Waals surface area (Å²) in [5.74, 6) is 0. The summed E-state index contributed by atoms with van der Waals surface area (Å²) in [6, 6.07) is 3.71. The van der Waals surface area contributed by atoms with Crippen molar-refractivity contribution in [2.24, 2.45) is 0 Å². The minimum atomic E-state index is -0.249. The first kappa shape index (κ1) is 12.7. The molecule has 3 rings (SSSR count). The van der Waals surface area contributed by atoms with E-state index >= 15 is 0 Å². The Hall–Kier alpha value is -2.28. The molecule has 0 unspecified atom stereocenters. The second-order valence-electron chi connectivity index (χ2n) is 5.05. The van der Waals surface area contributed by atoms with Crippen LogP contribution in [0.15, 0.2) is 23.1 Å². The molecule has 0 aromatic carbocycles. The molecule has 3 aromatic rings. The molecule has 0 bridgehead atoms. The number of aromatic amines is 1. The summed E-state index contributed by atoms with van der Waals surface area (Å²) < 4.78 is 1.68. The van der Waals surface area contributed by atoms with Crippen LogP contribution in [0.2, 0.25) is 0 Å². The zero-order valence-electron chi connectivity index (χ0n) is 11.5. The lowest BCUT2D eigenvalue weighted by molar-refractivity contribution is 0.399. The minimum absolute atomic E-state index is 0.249. The third-order valence-electron chi connectivity index (χ3n) is 3.17. The molecule has 0 spiro atoms. The van der Waals surface area contributed by atoms with Crippen molar-refractivity contribution >= 4 is 16.7 Å². The number of fused-ring (bicyclic) bond motifs is 3. The summed E-state index contributed by atoms with van der Waals surface area (Å²) in [4.78, 5) is 16.4. The highest BCUT2D eigenvalue weighted by Gasteiger charge is 2.09. The Morgan fingerprint density at radius 2 is 2.20 bits per heavy atom. The lowest BCUT2D eigenvalue weighted by Gasteiger charge is -2.07. The van der Waals surface area contributed by atoms with Gasteiger partial charge in [-0.2, -0.15) is 5.10 Å². The number of H-pyrrole nitrogens is 1. The van der Waals surface area contributed by atoms with Gasteiger partial charge < -0.3 is 9.88 Å². The molecule has 1 N–H and O–H groups in total. The fourth-order valence-electron chi connectivity index (χ4n) is 2.19. The number of rotatable bonds is 4. The maximum atomic E-state index is 11.7. The van der Waals surface area contributed by atoms with Crippen molar-refractivity contribution in [2.45, 2.75) is 12.8 Å². The molecular weight excluding hydrogens is 256 g/mol. The molecule has 3 heterocycles. The SMILES string of the molecule is CN(C)CCCc1cc2nnc3c(=O)[nH]ccc3n2n1. The molecule has 3 aromatic heterocycles. The van der Waals surface area contributed by atoms with Gasteiger partial charge in [0.2, 0.25) is 0 Å².